The Morgan fingerprint density at radius 1 is 1.33 bits per heavy atom. The second kappa shape index (κ2) is 4.13. The third-order valence-corrected chi connectivity index (χ3v) is 1.15. The molecule has 0 spiro atoms. The van der Waals surface area contributed by atoms with E-state index in [0.717, 1.165) is 5.57 Å². The molecule has 0 heteroatoms. The van der Waals surface area contributed by atoms with Crippen molar-refractivity contribution in [3.63, 3.8) is 0 Å². The van der Waals surface area contributed by atoms with E-state index in [1.165, 1.54) is 5.57 Å². The number of hydrogen-bond donors (Lipinski definition) is 0. The van der Waals surface area contributed by atoms with E-state index in [0.29, 0.717) is 0 Å². The molecule has 0 atom stereocenters. The van der Waals surface area contributed by atoms with Gasteiger partial charge in [-0.05, 0) is 26.3 Å². The minimum atomic E-state index is 1.12. The Morgan fingerprint density at radius 2 is 1.89 bits per heavy atom. The van der Waals surface area contributed by atoms with E-state index in [9.17, 15) is 0 Å². The second-order valence-corrected chi connectivity index (χ2v) is 2.02. The quantitative estimate of drug-likeness (QED) is 0.494. The molecule has 0 rings (SSSR count). The van der Waals surface area contributed by atoms with Crippen molar-refractivity contribution < 1.29 is 0 Å². The normalized spacial score (nSPS) is 12.6. The predicted molar refractivity (Wildman–Crippen MR) is 43.4 cm³/mol. The summed E-state index contributed by atoms with van der Waals surface area (Å²) in [4.78, 5) is 0. The summed E-state index contributed by atoms with van der Waals surface area (Å²) in [6, 6.07) is 0. The Balaban J connectivity index is 4.19. The minimum absolute atomic E-state index is 1.12. The van der Waals surface area contributed by atoms with Crippen LogP contribution in [0.1, 0.15) is 20.8 Å². The lowest BCUT2D eigenvalue weighted by Gasteiger charge is -1.95. The van der Waals surface area contributed by atoms with Crippen LogP contribution >= 0.6 is 0 Å². The Bertz CT molecular complexity index is 147. The van der Waals surface area contributed by atoms with E-state index in [2.05, 4.69) is 18.7 Å². The Labute approximate surface area is 57.6 Å². The van der Waals surface area contributed by atoms with Crippen molar-refractivity contribution in [3.05, 3.63) is 36.0 Å². The molecule has 0 aromatic carbocycles. The van der Waals surface area contributed by atoms with E-state index < -0.39 is 0 Å². The highest BCUT2D eigenvalue weighted by molar-refractivity contribution is 5.35. The molecular weight excluding hydrogens is 108 g/mol. The fraction of sp³-hybridized carbons (Fsp3) is 0.333. The average molecular weight is 122 g/mol. The van der Waals surface area contributed by atoms with Crippen molar-refractivity contribution in [2.24, 2.45) is 0 Å². The smallest absolute Gasteiger partial charge is 0.0279 e. The molecule has 0 bridgehead atoms. The maximum atomic E-state index is 3.83. The number of hydrogen-bond acceptors (Lipinski definition) is 0. The maximum Gasteiger partial charge on any atom is -0.0279 e. The van der Waals surface area contributed by atoms with Gasteiger partial charge in [0, 0.05) is 0 Å². The highest BCUT2D eigenvalue weighted by Gasteiger charge is 1.86. The lowest BCUT2D eigenvalue weighted by Crippen LogP contribution is -1.75. The van der Waals surface area contributed by atoms with Gasteiger partial charge in [0.15, 0.2) is 0 Å². The summed E-state index contributed by atoms with van der Waals surface area (Å²) in [5.41, 5.74) is 2.34. The summed E-state index contributed by atoms with van der Waals surface area (Å²) in [5.74, 6) is 0. The summed E-state index contributed by atoms with van der Waals surface area (Å²) in [6.07, 6.45) is 6.13. The van der Waals surface area contributed by atoms with Gasteiger partial charge in [-0.15, -0.1) is 0 Å². The monoisotopic (exact) mass is 122 g/mol. The van der Waals surface area contributed by atoms with Crippen molar-refractivity contribution in [1.29, 1.82) is 0 Å². The molecule has 0 radical (unpaired) electrons. The van der Waals surface area contributed by atoms with Gasteiger partial charge in [-0.25, -0.2) is 0 Å². The molecule has 9 heavy (non-hydrogen) atoms. The van der Waals surface area contributed by atoms with Crippen molar-refractivity contribution in [1.82, 2.24) is 0 Å². The molecule has 0 N–H and O–H groups in total. The summed E-state index contributed by atoms with van der Waals surface area (Å²) in [7, 11) is 0. The average Bonchev–Trinajstić information content (AvgIpc) is 1.82. The zero-order valence-corrected chi connectivity index (χ0v) is 6.44. The molecule has 0 heterocycles. The van der Waals surface area contributed by atoms with Crippen LogP contribution in [0.2, 0.25) is 0 Å². The zero-order valence-electron chi connectivity index (χ0n) is 6.44. The third kappa shape index (κ3) is 2.91. The van der Waals surface area contributed by atoms with Crippen LogP contribution in [0.5, 0.6) is 0 Å². The highest BCUT2D eigenvalue weighted by atomic mass is 13.9. The summed E-state index contributed by atoms with van der Waals surface area (Å²) < 4.78 is 0. The SMILES string of the molecule is C=C(C)C(/C=C\C)=C\C. The van der Waals surface area contributed by atoms with Gasteiger partial charge >= 0.3 is 0 Å². The van der Waals surface area contributed by atoms with E-state index in [4.69, 9.17) is 0 Å². The topological polar surface area (TPSA) is 0 Å². The molecule has 0 nitrogen and oxygen atoms in total. The predicted octanol–water partition coefficient (Wildman–Crippen LogP) is 3.08. The molecule has 0 amide bonds. The molecule has 0 aliphatic carbocycles. The fourth-order valence-corrected chi connectivity index (χ4v) is 0.664. The van der Waals surface area contributed by atoms with Gasteiger partial charge in [-0.1, -0.05) is 30.4 Å². The fourth-order valence-electron chi connectivity index (χ4n) is 0.664. The Morgan fingerprint density at radius 3 is 2.00 bits per heavy atom. The first-order chi connectivity index (χ1) is 4.22. The first kappa shape index (κ1) is 8.22. The van der Waals surface area contributed by atoms with Gasteiger partial charge in [0.25, 0.3) is 0 Å². The highest BCUT2D eigenvalue weighted by Crippen LogP contribution is 2.06. The molecule has 0 saturated carbocycles. The van der Waals surface area contributed by atoms with Gasteiger partial charge in [-0.2, -0.15) is 0 Å². The van der Waals surface area contributed by atoms with Crippen LogP contribution in [0.3, 0.4) is 0 Å². The number of allylic oxidation sites excluding steroid dienone is 5. The maximum absolute atomic E-state index is 3.83. The Kier molecular flexibility index (Phi) is 3.78. The van der Waals surface area contributed by atoms with Crippen LogP contribution in [-0.4, -0.2) is 0 Å². The van der Waals surface area contributed by atoms with E-state index in [-0.39, 0.29) is 0 Å². The Hall–Kier alpha value is -0.780. The van der Waals surface area contributed by atoms with E-state index in [1.807, 2.05) is 26.8 Å². The zero-order chi connectivity index (χ0) is 7.28. The van der Waals surface area contributed by atoms with E-state index >= 15 is 0 Å². The minimum Gasteiger partial charge on any atom is -0.0955 e. The van der Waals surface area contributed by atoms with Crippen LogP contribution in [0.25, 0.3) is 0 Å². The summed E-state index contributed by atoms with van der Waals surface area (Å²) >= 11 is 0. The van der Waals surface area contributed by atoms with Crippen LogP contribution in [-0.2, 0) is 0 Å². The first-order valence-corrected chi connectivity index (χ1v) is 3.17. The molecule has 0 aliphatic rings. The van der Waals surface area contributed by atoms with Crippen molar-refractivity contribution >= 4 is 0 Å². The van der Waals surface area contributed by atoms with Crippen LogP contribution in [0, 0.1) is 0 Å². The van der Waals surface area contributed by atoms with Crippen LogP contribution in [0.15, 0.2) is 36.0 Å². The molecule has 0 aromatic heterocycles. The van der Waals surface area contributed by atoms with Crippen LogP contribution < -0.4 is 0 Å². The molecule has 0 aromatic rings. The van der Waals surface area contributed by atoms with Crippen LogP contribution in [0.4, 0.5) is 0 Å². The van der Waals surface area contributed by atoms with Gasteiger partial charge in [-0.3, -0.25) is 0 Å². The van der Waals surface area contributed by atoms with Gasteiger partial charge < -0.3 is 0 Å². The van der Waals surface area contributed by atoms with Gasteiger partial charge in [0.05, 0.1) is 0 Å². The number of rotatable bonds is 2. The van der Waals surface area contributed by atoms with Gasteiger partial charge in [0.1, 0.15) is 0 Å². The molecule has 0 saturated heterocycles. The summed E-state index contributed by atoms with van der Waals surface area (Å²) in [6.45, 7) is 9.86. The molecule has 0 aliphatic heterocycles. The largest absolute Gasteiger partial charge is 0.0955 e. The lowest BCUT2D eigenvalue weighted by atomic mass is 10.1. The molecular formula is C9H14. The van der Waals surface area contributed by atoms with Crippen molar-refractivity contribution in [2.45, 2.75) is 20.8 Å². The third-order valence-electron chi connectivity index (χ3n) is 1.15. The van der Waals surface area contributed by atoms with Crippen molar-refractivity contribution in [3.8, 4) is 0 Å². The van der Waals surface area contributed by atoms with E-state index in [1.54, 1.807) is 0 Å². The lowest BCUT2D eigenvalue weighted by molar-refractivity contribution is 1.42. The molecule has 50 valence electrons. The standard InChI is InChI=1S/C9H14/c1-5-7-9(6-2)8(3)4/h5-7H,3H2,1-2,4H3/b7-5-,9-6-. The summed E-state index contributed by atoms with van der Waals surface area (Å²) in [5, 5.41) is 0. The van der Waals surface area contributed by atoms with Crippen molar-refractivity contribution in [2.75, 3.05) is 0 Å². The molecule has 0 fully saturated rings. The second-order valence-electron chi connectivity index (χ2n) is 2.02. The first-order valence-electron chi connectivity index (χ1n) is 3.17. The van der Waals surface area contributed by atoms with Gasteiger partial charge in [0.2, 0.25) is 0 Å². The molecule has 0 unspecified atom stereocenters.